The summed E-state index contributed by atoms with van der Waals surface area (Å²) in [5.41, 5.74) is 4.35. The minimum absolute atomic E-state index is 0.210. The van der Waals surface area contributed by atoms with Crippen LogP contribution in [0.15, 0.2) is 72.4 Å². The third-order valence-corrected chi connectivity index (χ3v) is 5.44. The summed E-state index contributed by atoms with van der Waals surface area (Å²) in [4.78, 5) is 28.3. The summed E-state index contributed by atoms with van der Waals surface area (Å²) in [5.74, 6) is 0.441. The summed E-state index contributed by atoms with van der Waals surface area (Å²) in [6.07, 6.45) is 0. The van der Waals surface area contributed by atoms with Gasteiger partial charge in [-0.05, 0) is 68.3 Å². The first-order chi connectivity index (χ1) is 15.9. The number of nitrogens with zero attached hydrogens (tertiary/aromatic N) is 1. The molecule has 1 heterocycles. The molecule has 0 bridgehead atoms. The minimum atomic E-state index is -0.428. The molecule has 0 saturated heterocycles. The van der Waals surface area contributed by atoms with E-state index in [2.05, 4.69) is 5.32 Å². The number of nitrogens with one attached hydrogen (secondary N) is 1. The van der Waals surface area contributed by atoms with E-state index in [9.17, 15) is 9.59 Å². The number of carbonyl (C=O) groups excluding carboxylic acids is 2. The maximum absolute atomic E-state index is 13.6. The lowest BCUT2D eigenvalue weighted by Gasteiger charge is -2.16. The van der Waals surface area contributed by atoms with Crippen LogP contribution in [0.25, 0.3) is 5.57 Å². The van der Waals surface area contributed by atoms with Crippen LogP contribution in [-0.2, 0) is 9.59 Å². The molecular formula is C27H26N2O4. The van der Waals surface area contributed by atoms with Crippen molar-refractivity contribution in [3.05, 3.63) is 89.1 Å². The van der Waals surface area contributed by atoms with Crippen LogP contribution in [0, 0.1) is 13.8 Å². The van der Waals surface area contributed by atoms with Crippen molar-refractivity contribution >= 4 is 28.8 Å². The van der Waals surface area contributed by atoms with Gasteiger partial charge in [0.2, 0.25) is 0 Å². The molecule has 0 radical (unpaired) electrons. The normalized spacial score (nSPS) is 13.5. The summed E-state index contributed by atoms with van der Waals surface area (Å²) in [7, 11) is 1.57. The number of aryl methyl sites for hydroxylation is 2. The summed E-state index contributed by atoms with van der Waals surface area (Å²) < 4.78 is 11.0. The Kier molecular flexibility index (Phi) is 6.18. The maximum Gasteiger partial charge on any atom is 0.282 e. The third kappa shape index (κ3) is 4.32. The van der Waals surface area contributed by atoms with Crippen molar-refractivity contribution in [2.24, 2.45) is 0 Å². The van der Waals surface area contributed by atoms with E-state index in [0.29, 0.717) is 40.6 Å². The van der Waals surface area contributed by atoms with Gasteiger partial charge in [-0.25, -0.2) is 4.90 Å². The fourth-order valence-electron chi connectivity index (χ4n) is 3.78. The molecule has 33 heavy (non-hydrogen) atoms. The van der Waals surface area contributed by atoms with Crippen molar-refractivity contribution in [1.82, 2.24) is 0 Å². The first kappa shape index (κ1) is 22.1. The van der Waals surface area contributed by atoms with Crippen LogP contribution >= 0.6 is 0 Å². The Bertz CT molecular complexity index is 1230. The number of benzene rings is 3. The number of rotatable bonds is 7. The zero-order chi connectivity index (χ0) is 23.5. The fraction of sp³-hybridized carbons (Fsp3) is 0.185. The van der Waals surface area contributed by atoms with E-state index >= 15 is 0 Å². The number of methoxy groups -OCH3 is 1. The molecule has 2 amide bonds. The van der Waals surface area contributed by atoms with Gasteiger partial charge in [-0.1, -0.05) is 35.9 Å². The Morgan fingerprint density at radius 2 is 1.52 bits per heavy atom. The second kappa shape index (κ2) is 9.20. The van der Waals surface area contributed by atoms with Crippen molar-refractivity contribution < 1.29 is 19.1 Å². The van der Waals surface area contributed by atoms with Crippen LogP contribution in [0.1, 0.15) is 23.6 Å². The van der Waals surface area contributed by atoms with E-state index in [1.807, 2.05) is 63.2 Å². The van der Waals surface area contributed by atoms with Gasteiger partial charge in [-0.15, -0.1) is 0 Å². The second-order valence-electron chi connectivity index (χ2n) is 7.82. The molecule has 1 aliphatic rings. The Balaban J connectivity index is 1.80. The lowest BCUT2D eigenvalue weighted by molar-refractivity contribution is -0.120. The average Bonchev–Trinajstić information content (AvgIpc) is 3.05. The number of carbonyl (C=O) groups is 2. The number of amides is 2. The van der Waals surface area contributed by atoms with Crippen LogP contribution in [0.2, 0.25) is 0 Å². The molecule has 4 rings (SSSR count). The predicted octanol–water partition coefficient (Wildman–Crippen LogP) is 5.11. The highest BCUT2D eigenvalue weighted by Gasteiger charge is 2.40. The molecule has 0 atom stereocenters. The van der Waals surface area contributed by atoms with Gasteiger partial charge >= 0.3 is 0 Å². The summed E-state index contributed by atoms with van der Waals surface area (Å²) in [5, 5.41) is 3.19. The molecule has 1 N–H and O–H groups in total. The second-order valence-corrected chi connectivity index (χ2v) is 7.82. The molecule has 1 aliphatic heterocycles. The quantitative estimate of drug-likeness (QED) is 0.515. The van der Waals surface area contributed by atoms with Crippen LogP contribution < -0.4 is 19.7 Å². The molecule has 0 unspecified atom stereocenters. The molecule has 3 aromatic rings. The number of hydrogen-bond acceptors (Lipinski definition) is 5. The monoisotopic (exact) mass is 442 g/mol. The fourth-order valence-corrected chi connectivity index (χ4v) is 3.78. The summed E-state index contributed by atoms with van der Waals surface area (Å²) >= 11 is 0. The Morgan fingerprint density at radius 3 is 2.15 bits per heavy atom. The van der Waals surface area contributed by atoms with E-state index in [1.165, 1.54) is 4.90 Å². The molecule has 3 aromatic carbocycles. The molecule has 0 spiro atoms. The molecule has 6 nitrogen and oxygen atoms in total. The van der Waals surface area contributed by atoms with E-state index in [0.717, 1.165) is 11.1 Å². The predicted molar refractivity (Wildman–Crippen MR) is 130 cm³/mol. The SMILES string of the molecule is CCOc1ccc(N2C(=O)C(Nc3cc(C)ccc3OC)=C(c3ccc(C)cc3)C2=O)cc1. The van der Waals surface area contributed by atoms with Crippen molar-refractivity contribution in [3.8, 4) is 11.5 Å². The summed E-state index contributed by atoms with van der Waals surface area (Å²) in [6, 6.07) is 20.1. The zero-order valence-corrected chi connectivity index (χ0v) is 19.1. The molecular weight excluding hydrogens is 416 g/mol. The maximum atomic E-state index is 13.6. The highest BCUT2D eigenvalue weighted by molar-refractivity contribution is 6.46. The van der Waals surface area contributed by atoms with Gasteiger partial charge in [0, 0.05) is 0 Å². The molecule has 168 valence electrons. The first-order valence-electron chi connectivity index (χ1n) is 10.8. The molecule has 6 heteroatoms. The van der Waals surface area contributed by atoms with E-state index in [1.54, 1.807) is 31.4 Å². The highest BCUT2D eigenvalue weighted by Crippen LogP contribution is 2.36. The van der Waals surface area contributed by atoms with Crippen molar-refractivity contribution in [2.45, 2.75) is 20.8 Å². The smallest absolute Gasteiger partial charge is 0.282 e. The van der Waals surface area contributed by atoms with Gasteiger partial charge < -0.3 is 14.8 Å². The van der Waals surface area contributed by atoms with Gasteiger partial charge in [0.1, 0.15) is 17.2 Å². The third-order valence-electron chi connectivity index (χ3n) is 5.44. The van der Waals surface area contributed by atoms with E-state index < -0.39 is 5.91 Å². The summed E-state index contributed by atoms with van der Waals surface area (Å²) in [6.45, 7) is 6.36. The van der Waals surface area contributed by atoms with Crippen LogP contribution in [0.4, 0.5) is 11.4 Å². The van der Waals surface area contributed by atoms with E-state index in [4.69, 9.17) is 9.47 Å². The van der Waals surface area contributed by atoms with Gasteiger partial charge in [-0.2, -0.15) is 0 Å². The Labute approximate surface area is 193 Å². The molecule has 0 saturated carbocycles. The Morgan fingerprint density at radius 1 is 0.848 bits per heavy atom. The average molecular weight is 443 g/mol. The molecule has 0 fully saturated rings. The number of imide groups is 1. The Hall–Kier alpha value is -4.06. The van der Waals surface area contributed by atoms with Crippen molar-refractivity contribution in [3.63, 3.8) is 0 Å². The minimum Gasteiger partial charge on any atom is -0.495 e. The standard InChI is InChI=1S/C27H26N2O4/c1-5-33-21-13-11-20(12-14-21)29-26(30)24(19-9-6-17(2)7-10-19)25(27(29)31)28-22-16-18(3)8-15-23(22)32-4/h6-16,28H,5H2,1-4H3. The molecule has 0 aliphatic carbocycles. The van der Waals surface area contributed by atoms with Gasteiger partial charge in [0.05, 0.1) is 30.7 Å². The van der Waals surface area contributed by atoms with Crippen LogP contribution in [0.5, 0.6) is 11.5 Å². The van der Waals surface area contributed by atoms with Gasteiger partial charge in [-0.3, -0.25) is 9.59 Å². The zero-order valence-electron chi connectivity index (χ0n) is 19.1. The first-order valence-corrected chi connectivity index (χ1v) is 10.8. The largest absolute Gasteiger partial charge is 0.495 e. The topological polar surface area (TPSA) is 67.9 Å². The highest BCUT2D eigenvalue weighted by atomic mass is 16.5. The molecule has 0 aromatic heterocycles. The number of anilines is 2. The van der Waals surface area contributed by atoms with Crippen molar-refractivity contribution in [1.29, 1.82) is 0 Å². The van der Waals surface area contributed by atoms with Crippen molar-refractivity contribution in [2.75, 3.05) is 23.9 Å². The number of ether oxygens (including phenoxy) is 2. The van der Waals surface area contributed by atoms with Gasteiger partial charge in [0.15, 0.2) is 0 Å². The van der Waals surface area contributed by atoms with Crippen LogP contribution in [0.3, 0.4) is 0 Å². The van der Waals surface area contributed by atoms with Crippen LogP contribution in [-0.4, -0.2) is 25.5 Å². The van der Waals surface area contributed by atoms with Gasteiger partial charge in [0.25, 0.3) is 11.8 Å². The van der Waals surface area contributed by atoms with E-state index in [-0.39, 0.29) is 11.6 Å². The lowest BCUT2D eigenvalue weighted by atomic mass is 10.0. The number of hydrogen-bond donors (Lipinski definition) is 1. The lowest BCUT2D eigenvalue weighted by Crippen LogP contribution is -2.32.